The number of carbonyl (C=O) groups is 2. The molecule has 0 aromatic heterocycles. The molecule has 6 nitrogen and oxygen atoms in total. The molecule has 3 aliphatic rings. The zero-order valence-corrected chi connectivity index (χ0v) is 14.2. The molecule has 3 aliphatic heterocycles. The average molecular weight is 351 g/mol. The van der Waals surface area contributed by atoms with E-state index in [0.29, 0.717) is 29.9 Å². The highest BCUT2D eigenvalue weighted by molar-refractivity contribution is 6.07. The maximum absolute atomic E-state index is 13.0. The number of benzene rings is 2. The minimum Gasteiger partial charge on any atom is -0.497 e. The molecule has 0 saturated carbocycles. The van der Waals surface area contributed by atoms with E-state index in [9.17, 15) is 9.59 Å². The smallest absolute Gasteiger partial charge is 0.231 e. The number of methoxy groups -OCH3 is 1. The highest BCUT2D eigenvalue weighted by Gasteiger charge is 2.47. The van der Waals surface area contributed by atoms with Gasteiger partial charge in [0.05, 0.1) is 19.2 Å². The van der Waals surface area contributed by atoms with Crippen LogP contribution in [0.15, 0.2) is 36.4 Å². The lowest BCUT2D eigenvalue weighted by Crippen LogP contribution is -2.46. The first-order chi connectivity index (χ1) is 12.7. The van der Waals surface area contributed by atoms with Gasteiger partial charge in [0.15, 0.2) is 17.3 Å². The van der Waals surface area contributed by atoms with Gasteiger partial charge < -0.3 is 19.1 Å². The average Bonchev–Trinajstić information content (AvgIpc) is 3.28. The molecule has 0 unspecified atom stereocenters. The quantitative estimate of drug-likeness (QED) is 0.832. The third-order valence-electron chi connectivity index (χ3n) is 5.37. The SMILES string of the molecule is COc1ccc([C@@H]2c3cc4c(cc3C(=O)[C@H]3CCC(=O)N23)OCO4)cc1. The van der Waals surface area contributed by atoms with Gasteiger partial charge in [-0.15, -0.1) is 0 Å². The van der Waals surface area contributed by atoms with Crippen LogP contribution in [-0.2, 0) is 4.79 Å². The summed E-state index contributed by atoms with van der Waals surface area (Å²) in [4.78, 5) is 27.3. The predicted octanol–water partition coefficient (Wildman–Crippen LogP) is 2.70. The first kappa shape index (κ1) is 15.3. The van der Waals surface area contributed by atoms with Crippen molar-refractivity contribution in [3.8, 4) is 17.2 Å². The van der Waals surface area contributed by atoms with Crippen molar-refractivity contribution >= 4 is 11.7 Å². The number of amides is 1. The van der Waals surface area contributed by atoms with Crippen molar-refractivity contribution in [3.63, 3.8) is 0 Å². The van der Waals surface area contributed by atoms with Crippen molar-refractivity contribution in [1.29, 1.82) is 0 Å². The molecule has 0 radical (unpaired) electrons. The van der Waals surface area contributed by atoms with E-state index in [4.69, 9.17) is 14.2 Å². The maximum Gasteiger partial charge on any atom is 0.231 e. The van der Waals surface area contributed by atoms with E-state index >= 15 is 0 Å². The van der Waals surface area contributed by atoms with Gasteiger partial charge in [0.2, 0.25) is 12.7 Å². The fourth-order valence-corrected chi connectivity index (χ4v) is 4.14. The first-order valence-electron chi connectivity index (χ1n) is 8.60. The second-order valence-corrected chi connectivity index (χ2v) is 6.69. The van der Waals surface area contributed by atoms with Crippen LogP contribution in [0, 0.1) is 0 Å². The molecule has 5 rings (SSSR count). The molecule has 1 fully saturated rings. The van der Waals surface area contributed by atoms with Gasteiger partial charge in [-0.3, -0.25) is 9.59 Å². The van der Waals surface area contributed by atoms with E-state index < -0.39 is 6.04 Å². The number of Topliss-reactive ketones (excluding diaryl/α,β-unsaturated/α-hetero) is 1. The summed E-state index contributed by atoms with van der Waals surface area (Å²) in [5.41, 5.74) is 2.35. The van der Waals surface area contributed by atoms with E-state index in [1.54, 1.807) is 18.1 Å². The Kier molecular flexibility index (Phi) is 3.22. The molecule has 1 saturated heterocycles. The first-order valence-corrected chi connectivity index (χ1v) is 8.60. The van der Waals surface area contributed by atoms with Crippen LogP contribution in [0.3, 0.4) is 0 Å². The lowest BCUT2D eigenvalue weighted by atomic mass is 9.84. The summed E-state index contributed by atoms with van der Waals surface area (Å²) in [6.07, 6.45) is 0.946. The number of rotatable bonds is 2. The van der Waals surface area contributed by atoms with Crippen LogP contribution in [0.2, 0.25) is 0 Å². The van der Waals surface area contributed by atoms with Gasteiger partial charge in [-0.05, 0) is 41.8 Å². The predicted molar refractivity (Wildman–Crippen MR) is 91.6 cm³/mol. The number of ketones is 1. The molecule has 0 N–H and O–H groups in total. The highest BCUT2D eigenvalue weighted by atomic mass is 16.7. The van der Waals surface area contributed by atoms with Crippen molar-refractivity contribution in [2.24, 2.45) is 0 Å². The Morgan fingerprint density at radius 3 is 2.54 bits per heavy atom. The molecule has 0 aliphatic carbocycles. The van der Waals surface area contributed by atoms with Gasteiger partial charge in [0.25, 0.3) is 0 Å². The van der Waals surface area contributed by atoms with Crippen LogP contribution in [0.1, 0.15) is 40.4 Å². The Hall–Kier alpha value is -3.02. The molecule has 0 spiro atoms. The van der Waals surface area contributed by atoms with Crippen molar-refractivity contribution < 1.29 is 23.8 Å². The zero-order valence-electron chi connectivity index (χ0n) is 14.2. The topological polar surface area (TPSA) is 65.1 Å². The molecule has 3 heterocycles. The summed E-state index contributed by atoms with van der Waals surface area (Å²) in [6, 6.07) is 10.5. The zero-order chi connectivity index (χ0) is 17.8. The van der Waals surface area contributed by atoms with E-state index in [0.717, 1.165) is 16.9 Å². The van der Waals surface area contributed by atoms with Gasteiger partial charge in [-0.25, -0.2) is 0 Å². The van der Waals surface area contributed by atoms with Crippen LogP contribution >= 0.6 is 0 Å². The highest BCUT2D eigenvalue weighted by Crippen LogP contribution is 2.46. The normalized spacial score (nSPS) is 23.0. The Morgan fingerprint density at radius 1 is 1.08 bits per heavy atom. The largest absolute Gasteiger partial charge is 0.497 e. The molecule has 2 aromatic carbocycles. The summed E-state index contributed by atoms with van der Waals surface area (Å²) >= 11 is 0. The number of carbonyl (C=O) groups excluding carboxylic acids is 2. The Morgan fingerprint density at radius 2 is 1.81 bits per heavy atom. The lowest BCUT2D eigenvalue weighted by molar-refractivity contribution is -0.130. The summed E-state index contributed by atoms with van der Waals surface area (Å²) in [5.74, 6) is 1.93. The molecule has 26 heavy (non-hydrogen) atoms. The van der Waals surface area contributed by atoms with Gasteiger partial charge in [-0.2, -0.15) is 0 Å². The summed E-state index contributed by atoms with van der Waals surface area (Å²) in [7, 11) is 1.62. The van der Waals surface area contributed by atoms with E-state index in [-0.39, 0.29) is 24.5 Å². The number of fused-ring (bicyclic) bond motifs is 3. The van der Waals surface area contributed by atoms with Crippen LogP contribution in [0.4, 0.5) is 0 Å². The lowest BCUT2D eigenvalue weighted by Gasteiger charge is -2.38. The van der Waals surface area contributed by atoms with Crippen molar-refractivity contribution in [2.45, 2.75) is 24.9 Å². The fraction of sp³-hybridized carbons (Fsp3) is 0.300. The fourth-order valence-electron chi connectivity index (χ4n) is 4.14. The molecule has 1 amide bonds. The number of nitrogens with zero attached hydrogens (tertiary/aromatic N) is 1. The van der Waals surface area contributed by atoms with Gasteiger partial charge >= 0.3 is 0 Å². The summed E-state index contributed by atoms with van der Waals surface area (Å²) in [5, 5.41) is 0. The van der Waals surface area contributed by atoms with Gasteiger partial charge in [0, 0.05) is 12.0 Å². The third-order valence-corrected chi connectivity index (χ3v) is 5.37. The molecular weight excluding hydrogens is 334 g/mol. The monoisotopic (exact) mass is 351 g/mol. The summed E-state index contributed by atoms with van der Waals surface area (Å²) < 4.78 is 16.2. The minimum absolute atomic E-state index is 0.00693. The molecule has 0 bridgehead atoms. The minimum atomic E-state index is -0.414. The Labute approximate surface area is 150 Å². The van der Waals surface area contributed by atoms with Gasteiger partial charge in [-0.1, -0.05) is 12.1 Å². The molecule has 2 atom stereocenters. The standard InChI is InChI=1S/C20H17NO5/c1-24-12-4-2-11(3-5-12)19-13-8-16-17(26-10-25-16)9-14(13)20(23)15-6-7-18(22)21(15)19/h2-5,8-9,15,19H,6-7,10H2,1H3/t15-,19-/m1/s1. The Bertz CT molecular complexity index is 921. The number of hydrogen-bond acceptors (Lipinski definition) is 5. The van der Waals surface area contributed by atoms with E-state index in [1.165, 1.54) is 0 Å². The second kappa shape index (κ2) is 5.49. The van der Waals surface area contributed by atoms with Crippen LogP contribution in [0.5, 0.6) is 17.2 Å². The van der Waals surface area contributed by atoms with Crippen LogP contribution in [-0.4, -0.2) is 36.5 Å². The number of hydrogen-bond donors (Lipinski definition) is 0. The molecule has 132 valence electrons. The maximum atomic E-state index is 13.0. The third kappa shape index (κ3) is 2.05. The van der Waals surface area contributed by atoms with Crippen LogP contribution < -0.4 is 14.2 Å². The molecular formula is C20H17NO5. The van der Waals surface area contributed by atoms with Crippen molar-refractivity contribution in [1.82, 2.24) is 4.90 Å². The van der Waals surface area contributed by atoms with E-state index in [2.05, 4.69) is 0 Å². The van der Waals surface area contributed by atoms with E-state index in [1.807, 2.05) is 30.3 Å². The molecule has 6 heteroatoms. The Balaban J connectivity index is 1.71. The second-order valence-electron chi connectivity index (χ2n) is 6.69. The van der Waals surface area contributed by atoms with Gasteiger partial charge in [0.1, 0.15) is 5.75 Å². The van der Waals surface area contributed by atoms with Crippen molar-refractivity contribution in [2.75, 3.05) is 13.9 Å². The van der Waals surface area contributed by atoms with Crippen molar-refractivity contribution in [3.05, 3.63) is 53.1 Å². The molecule has 2 aromatic rings. The van der Waals surface area contributed by atoms with Crippen LogP contribution in [0.25, 0.3) is 0 Å². The number of ether oxygens (including phenoxy) is 3. The summed E-state index contributed by atoms with van der Waals surface area (Å²) in [6.45, 7) is 0.145.